The summed E-state index contributed by atoms with van der Waals surface area (Å²) in [5.41, 5.74) is 0.924. The van der Waals surface area contributed by atoms with Crippen LogP contribution < -0.4 is 0 Å². The second-order valence-corrected chi connectivity index (χ2v) is 8.63. The van der Waals surface area contributed by atoms with Crippen LogP contribution in [-0.4, -0.2) is 43.0 Å². The molecule has 0 aliphatic heterocycles. The Bertz CT molecular complexity index is 565. The maximum atomic E-state index is 11.3. The van der Waals surface area contributed by atoms with E-state index < -0.39 is 9.84 Å². The number of rotatable bonds is 7. The fourth-order valence-electron chi connectivity index (χ4n) is 3.23. The van der Waals surface area contributed by atoms with Crippen molar-refractivity contribution in [2.45, 2.75) is 51.1 Å². The summed E-state index contributed by atoms with van der Waals surface area (Å²) in [5.74, 6) is 0.559. The van der Waals surface area contributed by atoms with Gasteiger partial charge in [-0.1, -0.05) is 37.5 Å². The highest BCUT2D eigenvalue weighted by Gasteiger charge is 2.22. The molecule has 0 atom stereocenters. The topological polar surface area (TPSA) is 57.6 Å². The molecule has 0 saturated heterocycles. The van der Waals surface area contributed by atoms with E-state index in [0.717, 1.165) is 12.1 Å². The van der Waals surface area contributed by atoms with Crippen molar-refractivity contribution in [3.8, 4) is 5.75 Å². The molecule has 1 saturated carbocycles. The minimum atomic E-state index is -2.91. The lowest BCUT2D eigenvalue weighted by molar-refractivity contribution is 0.147. The van der Waals surface area contributed by atoms with E-state index in [1.807, 2.05) is 18.2 Å². The first kappa shape index (κ1) is 17.3. The maximum absolute atomic E-state index is 11.3. The predicted octanol–water partition coefficient (Wildman–Crippen LogP) is 2.96. The quantitative estimate of drug-likeness (QED) is 0.837. The van der Waals surface area contributed by atoms with Crippen molar-refractivity contribution >= 4 is 9.84 Å². The number of phenols is 1. The molecule has 0 radical (unpaired) electrons. The van der Waals surface area contributed by atoms with Crippen LogP contribution in [0.4, 0.5) is 0 Å². The average Bonchev–Trinajstić information content (AvgIpc) is 2.48. The van der Waals surface area contributed by atoms with E-state index in [4.69, 9.17) is 0 Å². The number of hydrogen-bond donors (Lipinski definition) is 1. The van der Waals surface area contributed by atoms with Crippen LogP contribution in [0.15, 0.2) is 24.3 Å². The minimum Gasteiger partial charge on any atom is -0.508 e. The van der Waals surface area contributed by atoms with Gasteiger partial charge in [0, 0.05) is 24.4 Å². The van der Waals surface area contributed by atoms with E-state index in [-0.39, 0.29) is 5.75 Å². The van der Waals surface area contributed by atoms with E-state index in [9.17, 15) is 13.5 Å². The number of sulfone groups is 1. The van der Waals surface area contributed by atoms with Crippen LogP contribution in [0, 0.1) is 0 Å². The van der Waals surface area contributed by atoms with Gasteiger partial charge in [0.1, 0.15) is 15.6 Å². The van der Waals surface area contributed by atoms with Gasteiger partial charge in [0.2, 0.25) is 0 Å². The molecule has 1 aromatic rings. The summed E-state index contributed by atoms with van der Waals surface area (Å²) in [7, 11) is -2.91. The zero-order valence-electron chi connectivity index (χ0n) is 13.4. The van der Waals surface area contributed by atoms with Gasteiger partial charge in [-0.2, -0.15) is 0 Å². The number of aromatic hydroxyl groups is 1. The van der Waals surface area contributed by atoms with Gasteiger partial charge >= 0.3 is 0 Å². The summed E-state index contributed by atoms with van der Waals surface area (Å²) in [6.45, 7) is 1.47. The summed E-state index contributed by atoms with van der Waals surface area (Å²) in [6.07, 6.45) is 8.08. The molecule has 4 nitrogen and oxygen atoms in total. The van der Waals surface area contributed by atoms with Crippen molar-refractivity contribution < 1.29 is 13.5 Å². The SMILES string of the molecule is CS(=O)(=O)CCCN(Cc1ccccc1O)C1CCCCC1. The highest BCUT2D eigenvalue weighted by molar-refractivity contribution is 7.90. The van der Waals surface area contributed by atoms with Gasteiger partial charge in [0.15, 0.2) is 0 Å². The van der Waals surface area contributed by atoms with Crippen LogP contribution in [0.25, 0.3) is 0 Å². The molecule has 2 rings (SSSR count). The van der Waals surface area contributed by atoms with E-state index >= 15 is 0 Å². The Morgan fingerprint density at radius 3 is 2.50 bits per heavy atom. The number of para-hydroxylation sites is 1. The Morgan fingerprint density at radius 2 is 1.86 bits per heavy atom. The van der Waals surface area contributed by atoms with E-state index in [1.54, 1.807) is 6.07 Å². The normalized spacial score (nSPS) is 17.0. The summed E-state index contributed by atoms with van der Waals surface area (Å²) in [6, 6.07) is 7.93. The lowest BCUT2D eigenvalue weighted by Crippen LogP contribution is -2.37. The molecule has 1 aromatic carbocycles. The van der Waals surface area contributed by atoms with Gasteiger partial charge in [0.25, 0.3) is 0 Å². The zero-order valence-corrected chi connectivity index (χ0v) is 14.2. The molecule has 1 fully saturated rings. The predicted molar refractivity (Wildman–Crippen MR) is 89.7 cm³/mol. The lowest BCUT2D eigenvalue weighted by atomic mass is 9.93. The maximum Gasteiger partial charge on any atom is 0.147 e. The Kier molecular flexibility index (Phi) is 6.26. The van der Waals surface area contributed by atoms with Crippen LogP contribution >= 0.6 is 0 Å². The van der Waals surface area contributed by atoms with Crippen LogP contribution in [0.3, 0.4) is 0 Å². The molecule has 1 N–H and O–H groups in total. The van der Waals surface area contributed by atoms with E-state index in [0.29, 0.717) is 24.8 Å². The lowest BCUT2D eigenvalue weighted by Gasteiger charge is -2.34. The number of phenolic OH excluding ortho intramolecular Hbond substituents is 1. The van der Waals surface area contributed by atoms with Gasteiger partial charge in [-0.3, -0.25) is 4.90 Å². The first-order chi connectivity index (χ1) is 10.5. The Balaban J connectivity index is 2.02. The van der Waals surface area contributed by atoms with Crippen molar-refractivity contribution in [3.05, 3.63) is 29.8 Å². The van der Waals surface area contributed by atoms with Crippen molar-refractivity contribution in [1.29, 1.82) is 0 Å². The van der Waals surface area contributed by atoms with Crippen molar-refractivity contribution in [2.75, 3.05) is 18.6 Å². The zero-order chi connectivity index (χ0) is 16.0. The van der Waals surface area contributed by atoms with Gasteiger partial charge in [-0.25, -0.2) is 8.42 Å². The second-order valence-electron chi connectivity index (χ2n) is 6.37. The molecule has 0 bridgehead atoms. The molecular formula is C17H27NO3S. The molecule has 124 valence electrons. The molecule has 1 aliphatic rings. The molecular weight excluding hydrogens is 298 g/mol. The third-order valence-corrected chi connectivity index (χ3v) is 5.45. The number of benzene rings is 1. The average molecular weight is 325 g/mol. The fraction of sp³-hybridized carbons (Fsp3) is 0.647. The van der Waals surface area contributed by atoms with Gasteiger partial charge in [-0.05, 0) is 31.9 Å². The Morgan fingerprint density at radius 1 is 1.18 bits per heavy atom. The molecule has 0 unspecified atom stereocenters. The minimum absolute atomic E-state index is 0.233. The van der Waals surface area contributed by atoms with Crippen LogP contribution in [0.1, 0.15) is 44.1 Å². The second kappa shape index (κ2) is 7.97. The van der Waals surface area contributed by atoms with E-state index in [2.05, 4.69) is 4.90 Å². The van der Waals surface area contributed by atoms with Gasteiger partial charge in [0.05, 0.1) is 5.75 Å². The van der Waals surface area contributed by atoms with Gasteiger partial charge < -0.3 is 5.11 Å². The van der Waals surface area contributed by atoms with Crippen LogP contribution in [0.5, 0.6) is 5.75 Å². The Labute approximate surface area is 134 Å². The number of hydrogen-bond acceptors (Lipinski definition) is 4. The molecule has 5 heteroatoms. The summed E-state index contributed by atoms with van der Waals surface area (Å²) in [4.78, 5) is 2.36. The molecule has 0 spiro atoms. The monoisotopic (exact) mass is 325 g/mol. The molecule has 0 amide bonds. The highest BCUT2D eigenvalue weighted by atomic mass is 32.2. The number of nitrogens with zero attached hydrogens (tertiary/aromatic N) is 1. The third kappa shape index (κ3) is 5.61. The van der Waals surface area contributed by atoms with E-state index in [1.165, 1.54) is 38.4 Å². The Hall–Kier alpha value is -1.07. The third-order valence-electron chi connectivity index (χ3n) is 4.42. The molecule has 0 heterocycles. The summed E-state index contributed by atoms with van der Waals surface area (Å²) < 4.78 is 22.7. The van der Waals surface area contributed by atoms with Crippen molar-refractivity contribution in [1.82, 2.24) is 4.90 Å². The van der Waals surface area contributed by atoms with Crippen LogP contribution in [-0.2, 0) is 16.4 Å². The fourth-order valence-corrected chi connectivity index (χ4v) is 3.88. The molecule has 22 heavy (non-hydrogen) atoms. The van der Waals surface area contributed by atoms with Crippen molar-refractivity contribution in [2.24, 2.45) is 0 Å². The first-order valence-electron chi connectivity index (χ1n) is 8.14. The van der Waals surface area contributed by atoms with Gasteiger partial charge in [-0.15, -0.1) is 0 Å². The summed E-state index contributed by atoms with van der Waals surface area (Å²) in [5, 5.41) is 9.99. The standard InChI is InChI=1S/C17H27NO3S/c1-22(20,21)13-7-12-18(16-9-3-2-4-10-16)14-15-8-5-6-11-17(15)19/h5-6,8,11,16,19H,2-4,7,9-10,12-14H2,1H3. The summed E-state index contributed by atoms with van der Waals surface area (Å²) >= 11 is 0. The molecule has 0 aromatic heterocycles. The highest BCUT2D eigenvalue weighted by Crippen LogP contribution is 2.26. The van der Waals surface area contributed by atoms with Crippen molar-refractivity contribution in [3.63, 3.8) is 0 Å². The largest absolute Gasteiger partial charge is 0.508 e. The molecule has 1 aliphatic carbocycles. The smallest absolute Gasteiger partial charge is 0.147 e. The first-order valence-corrected chi connectivity index (χ1v) is 10.2. The van der Waals surface area contributed by atoms with Crippen LogP contribution in [0.2, 0.25) is 0 Å².